The lowest BCUT2D eigenvalue weighted by atomic mass is 10.2. The zero-order valence-corrected chi connectivity index (χ0v) is 12.0. The fraction of sp³-hybridized carbons (Fsp3) is 0.267. The first kappa shape index (κ1) is 12.6. The number of thioether (sulfide) groups is 1. The Morgan fingerprint density at radius 1 is 1.33 bits per heavy atom. The van der Waals surface area contributed by atoms with E-state index in [9.17, 15) is 4.79 Å². The SMILES string of the molecule is O=C(O)CSc1nc2cnc3ccccc3c2n1C1CC1. The van der Waals surface area contributed by atoms with Gasteiger partial charge in [0.05, 0.1) is 23.0 Å². The summed E-state index contributed by atoms with van der Waals surface area (Å²) in [4.78, 5) is 19.9. The highest BCUT2D eigenvalue weighted by Gasteiger charge is 2.29. The molecule has 1 saturated carbocycles. The van der Waals surface area contributed by atoms with Gasteiger partial charge in [0.25, 0.3) is 0 Å². The molecule has 1 N–H and O–H groups in total. The van der Waals surface area contributed by atoms with Crippen LogP contribution in [0.4, 0.5) is 0 Å². The average Bonchev–Trinajstić information content (AvgIpc) is 3.25. The molecule has 1 aliphatic rings. The third-order valence-corrected chi connectivity index (χ3v) is 4.57. The molecule has 1 aromatic carbocycles. The summed E-state index contributed by atoms with van der Waals surface area (Å²) in [5.41, 5.74) is 2.87. The van der Waals surface area contributed by atoms with E-state index in [4.69, 9.17) is 5.11 Å². The number of nitrogens with zero attached hydrogens (tertiary/aromatic N) is 3. The van der Waals surface area contributed by atoms with Crippen molar-refractivity contribution in [3.05, 3.63) is 30.5 Å². The van der Waals surface area contributed by atoms with Crippen LogP contribution in [0.15, 0.2) is 35.6 Å². The van der Waals surface area contributed by atoms with Crippen LogP contribution < -0.4 is 0 Å². The minimum absolute atomic E-state index is 0.0292. The van der Waals surface area contributed by atoms with Crippen LogP contribution in [0.1, 0.15) is 18.9 Å². The van der Waals surface area contributed by atoms with E-state index in [1.165, 1.54) is 11.8 Å². The van der Waals surface area contributed by atoms with Crippen LogP contribution in [0.5, 0.6) is 0 Å². The Balaban J connectivity index is 1.96. The van der Waals surface area contributed by atoms with Crippen LogP contribution in [0, 0.1) is 0 Å². The molecule has 0 bridgehead atoms. The summed E-state index contributed by atoms with van der Waals surface area (Å²) in [5.74, 6) is -0.793. The number of carbonyl (C=O) groups is 1. The monoisotopic (exact) mass is 299 g/mol. The Kier molecular flexibility index (Phi) is 2.85. The fourth-order valence-electron chi connectivity index (χ4n) is 2.60. The number of pyridine rings is 1. The Hall–Kier alpha value is -2.08. The number of imidazole rings is 1. The van der Waals surface area contributed by atoms with Gasteiger partial charge in [0.2, 0.25) is 0 Å². The molecule has 0 atom stereocenters. The molecule has 4 rings (SSSR count). The normalized spacial score (nSPS) is 14.9. The number of rotatable bonds is 4. The van der Waals surface area contributed by atoms with Crippen molar-refractivity contribution in [3.63, 3.8) is 0 Å². The zero-order valence-electron chi connectivity index (χ0n) is 11.2. The number of aromatic nitrogens is 3. The maximum Gasteiger partial charge on any atom is 0.313 e. The topological polar surface area (TPSA) is 68.0 Å². The van der Waals surface area contributed by atoms with Crippen molar-refractivity contribution in [2.45, 2.75) is 24.0 Å². The number of hydrogen-bond donors (Lipinski definition) is 1. The number of para-hydroxylation sites is 1. The number of aliphatic carboxylic acids is 1. The van der Waals surface area contributed by atoms with Gasteiger partial charge in [0.15, 0.2) is 5.16 Å². The number of carboxylic acids is 1. The molecule has 1 aliphatic carbocycles. The first-order chi connectivity index (χ1) is 10.2. The van der Waals surface area contributed by atoms with Gasteiger partial charge >= 0.3 is 5.97 Å². The summed E-state index contributed by atoms with van der Waals surface area (Å²) in [7, 11) is 0. The number of benzene rings is 1. The Labute approximate surface area is 125 Å². The van der Waals surface area contributed by atoms with E-state index in [1.807, 2.05) is 18.2 Å². The van der Waals surface area contributed by atoms with Gasteiger partial charge < -0.3 is 9.67 Å². The summed E-state index contributed by atoms with van der Waals surface area (Å²) in [6.07, 6.45) is 4.03. The van der Waals surface area contributed by atoms with E-state index in [0.717, 1.165) is 39.9 Å². The first-order valence-corrected chi connectivity index (χ1v) is 7.83. The van der Waals surface area contributed by atoms with E-state index in [1.54, 1.807) is 6.20 Å². The van der Waals surface area contributed by atoms with E-state index in [2.05, 4.69) is 20.6 Å². The van der Waals surface area contributed by atoms with Gasteiger partial charge in [-0.2, -0.15) is 0 Å². The van der Waals surface area contributed by atoms with Crippen LogP contribution in [-0.4, -0.2) is 31.4 Å². The van der Waals surface area contributed by atoms with Crippen LogP contribution in [-0.2, 0) is 4.79 Å². The molecular formula is C15H13N3O2S. The van der Waals surface area contributed by atoms with Crippen molar-refractivity contribution in [1.29, 1.82) is 0 Å². The summed E-state index contributed by atoms with van der Waals surface area (Å²) >= 11 is 1.28. The van der Waals surface area contributed by atoms with Crippen molar-refractivity contribution < 1.29 is 9.90 Å². The molecule has 0 saturated heterocycles. The molecular weight excluding hydrogens is 286 g/mol. The van der Waals surface area contributed by atoms with E-state index in [-0.39, 0.29) is 5.75 Å². The molecule has 0 radical (unpaired) electrons. The largest absolute Gasteiger partial charge is 0.481 e. The second-order valence-electron chi connectivity index (χ2n) is 5.19. The number of hydrogen-bond acceptors (Lipinski definition) is 4. The molecule has 21 heavy (non-hydrogen) atoms. The molecule has 2 heterocycles. The highest BCUT2D eigenvalue weighted by Crippen LogP contribution is 2.42. The van der Waals surface area contributed by atoms with E-state index in [0.29, 0.717) is 6.04 Å². The third kappa shape index (κ3) is 2.15. The van der Waals surface area contributed by atoms with Crippen LogP contribution in [0.3, 0.4) is 0 Å². The van der Waals surface area contributed by atoms with Crippen molar-refractivity contribution in [1.82, 2.24) is 14.5 Å². The lowest BCUT2D eigenvalue weighted by molar-refractivity contribution is -0.133. The van der Waals surface area contributed by atoms with Gasteiger partial charge in [-0.1, -0.05) is 30.0 Å². The Morgan fingerprint density at radius 2 is 2.14 bits per heavy atom. The molecule has 0 amide bonds. The molecule has 0 spiro atoms. The molecule has 6 heteroatoms. The van der Waals surface area contributed by atoms with Crippen LogP contribution in [0.25, 0.3) is 21.9 Å². The zero-order chi connectivity index (χ0) is 14.4. The summed E-state index contributed by atoms with van der Waals surface area (Å²) in [5, 5.41) is 10.8. The third-order valence-electron chi connectivity index (χ3n) is 3.63. The maximum absolute atomic E-state index is 10.8. The Bertz CT molecular complexity index is 855. The minimum atomic E-state index is -0.822. The standard InChI is InChI=1S/C15H13N3O2S/c19-13(20)8-21-15-17-12-7-16-11-4-2-1-3-10(11)14(12)18(15)9-5-6-9/h1-4,7,9H,5-6,8H2,(H,19,20). The molecule has 0 unspecified atom stereocenters. The van der Waals surface area contributed by atoms with Gasteiger partial charge in [0.1, 0.15) is 5.52 Å². The summed E-state index contributed by atoms with van der Waals surface area (Å²) in [6.45, 7) is 0. The van der Waals surface area contributed by atoms with Gasteiger partial charge in [-0.05, 0) is 18.9 Å². The van der Waals surface area contributed by atoms with Gasteiger partial charge in [0, 0.05) is 11.4 Å². The second kappa shape index (κ2) is 4.73. The molecule has 5 nitrogen and oxygen atoms in total. The molecule has 1 fully saturated rings. The first-order valence-electron chi connectivity index (χ1n) is 6.84. The minimum Gasteiger partial charge on any atom is -0.481 e. The number of fused-ring (bicyclic) bond motifs is 3. The predicted octanol–water partition coefficient (Wildman–Crippen LogP) is 3.10. The summed E-state index contributed by atoms with van der Waals surface area (Å²) in [6, 6.07) is 8.45. The molecule has 106 valence electrons. The molecule has 0 aliphatic heterocycles. The quantitative estimate of drug-likeness (QED) is 0.750. The van der Waals surface area contributed by atoms with Crippen molar-refractivity contribution in [3.8, 4) is 0 Å². The Morgan fingerprint density at radius 3 is 2.90 bits per heavy atom. The lowest BCUT2D eigenvalue weighted by Gasteiger charge is -2.07. The van der Waals surface area contributed by atoms with Crippen molar-refractivity contribution >= 4 is 39.7 Å². The number of carboxylic acid groups (broad SMARTS) is 1. The van der Waals surface area contributed by atoms with E-state index >= 15 is 0 Å². The fourth-order valence-corrected chi connectivity index (χ4v) is 3.40. The molecule has 2 aromatic heterocycles. The lowest BCUT2D eigenvalue weighted by Crippen LogP contribution is -2.02. The van der Waals surface area contributed by atoms with Crippen molar-refractivity contribution in [2.75, 3.05) is 5.75 Å². The summed E-state index contributed by atoms with van der Waals surface area (Å²) < 4.78 is 2.20. The van der Waals surface area contributed by atoms with Gasteiger partial charge in [-0.15, -0.1) is 0 Å². The van der Waals surface area contributed by atoms with Gasteiger partial charge in [-0.3, -0.25) is 9.78 Å². The van der Waals surface area contributed by atoms with Crippen LogP contribution >= 0.6 is 11.8 Å². The van der Waals surface area contributed by atoms with E-state index < -0.39 is 5.97 Å². The maximum atomic E-state index is 10.8. The van der Waals surface area contributed by atoms with Gasteiger partial charge in [-0.25, -0.2) is 4.98 Å². The average molecular weight is 299 g/mol. The smallest absolute Gasteiger partial charge is 0.313 e. The second-order valence-corrected chi connectivity index (χ2v) is 6.13. The van der Waals surface area contributed by atoms with Crippen LogP contribution in [0.2, 0.25) is 0 Å². The van der Waals surface area contributed by atoms with Crippen molar-refractivity contribution in [2.24, 2.45) is 0 Å². The highest BCUT2D eigenvalue weighted by molar-refractivity contribution is 7.99. The predicted molar refractivity (Wildman–Crippen MR) is 81.7 cm³/mol. The highest BCUT2D eigenvalue weighted by atomic mass is 32.2. The molecule has 3 aromatic rings.